The van der Waals surface area contributed by atoms with E-state index in [4.69, 9.17) is 13.8 Å². The maximum absolute atomic E-state index is 6.44. The van der Waals surface area contributed by atoms with Crippen molar-refractivity contribution < 1.29 is 8.83 Å². The van der Waals surface area contributed by atoms with Crippen molar-refractivity contribution in [2.75, 3.05) is 4.90 Å². The van der Waals surface area contributed by atoms with E-state index in [1.807, 2.05) is 53.8 Å². The number of benzene rings is 6. The number of nitrogens with zero attached hydrogens (tertiary/aromatic N) is 2. The minimum atomic E-state index is 0.602. The summed E-state index contributed by atoms with van der Waals surface area (Å²) in [6, 6.07) is 46.2. The largest absolute Gasteiger partial charge is 0.456 e. The van der Waals surface area contributed by atoms with Crippen LogP contribution in [-0.2, 0) is 0 Å². The number of aromatic nitrogens is 1. The lowest BCUT2D eigenvalue weighted by atomic mass is 10.1. The second-order valence-electron chi connectivity index (χ2n) is 10.4. The Labute approximate surface area is 244 Å². The Hall–Kier alpha value is -5.39. The molecule has 0 bridgehead atoms. The van der Waals surface area contributed by atoms with E-state index in [1.54, 1.807) is 0 Å². The van der Waals surface area contributed by atoms with Gasteiger partial charge in [-0.2, -0.15) is 0 Å². The van der Waals surface area contributed by atoms with Crippen LogP contribution in [0.2, 0.25) is 0 Å². The van der Waals surface area contributed by atoms with Crippen LogP contribution in [0.15, 0.2) is 142 Å². The van der Waals surface area contributed by atoms with Crippen LogP contribution in [0.3, 0.4) is 0 Å². The lowest BCUT2D eigenvalue weighted by Crippen LogP contribution is -2.10. The van der Waals surface area contributed by atoms with E-state index >= 15 is 0 Å². The topological polar surface area (TPSA) is 42.4 Å². The van der Waals surface area contributed by atoms with Gasteiger partial charge in [-0.15, -0.1) is 11.3 Å². The van der Waals surface area contributed by atoms with Gasteiger partial charge in [0.25, 0.3) is 0 Å². The Morgan fingerprint density at radius 2 is 1.31 bits per heavy atom. The molecule has 9 rings (SSSR count). The minimum Gasteiger partial charge on any atom is -0.456 e. The SMILES string of the molecule is c1ccc(-c2nc3cc4c(cc3o2)oc2cccc(N(c3ccccc3)c3ccc5sc6ccccc6c5c3)c24)cc1. The third kappa shape index (κ3) is 3.57. The first-order valence-electron chi connectivity index (χ1n) is 13.9. The van der Waals surface area contributed by atoms with Gasteiger partial charge in [0.15, 0.2) is 5.58 Å². The molecule has 0 amide bonds. The number of oxazole rings is 1. The average molecular weight is 559 g/mol. The molecule has 0 radical (unpaired) electrons. The first-order valence-corrected chi connectivity index (χ1v) is 14.7. The predicted octanol–water partition coefficient (Wildman–Crippen LogP) is 11.2. The van der Waals surface area contributed by atoms with Gasteiger partial charge in [0.05, 0.1) is 11.1 Å². The molecule has 3 aromatic heterocycles. The second kappa shape index (κ2) is 9.06. The molecular weight excluding hydrogens is 536 g/mol. The summed E-state index contributed by atoms with van der Waals surface area (Å²) < 4.78 is 15.2. The van der Waals surface area contributed by atoms with Gasteiger partial charge in [-0.3, -0.25) is 0 Å². The summed E-state index contributed by atoms with van der Waals surface area (Å²) in [6.07, 6.45) is 0. The highest BCUT2D eigenvalue weighted by atomic mass is 32.1. The molecule has 0 fully saturated rings. The first kappa shape index (κ1) is 23.3. The van der Waals surface area contributed by atoms with Crippen LogP contribution >= 0.6 is 11.3 Å². The average Bonchev–Trinajstić information content (AvgIpc) is 3.74. The van der Waals surface area contributed by atoms with Gasteiger partial charge < -0.3 is 13.7 Å². The van der Waals surface area contributed by atoms with Crippen LogP contribution in [0.1, 0.15) is 0 Å². The van der Waals surface area contributed by atoms with Crippen LogP contribution in [0.4, 0.5) is 17.1 Å². The molecule has 9 aromatic rings. The van der Waals surface area contributed by atoms with Gasteiger partial charge in [0.1, 0.15) is 16.7 Å². The Morgan fingerprint density at radius 1 is 0.524 bits per heavy atom. The van der Waals surface area contributed by atoms with Gasteiger partial charge >= 0.3 is 0 Å². The fourth-order valence-electron chi connectivity index (χ4n) is 5.98. The van der Waals surface area contributed by atoms with E-state index in [9.17, 15) is 0 Å². The van der Waals surface area contributed by atoms with Crippen molar-refractivity contribution in [1.82, 2.24) is 4.98 Å². The summed E-state index contributed by atoms with van der Waals surface area (Å²) in [6.45, 7) is 0. The van der Waals surface area contributed by atoms with Crippen molar-refractivity contribution in [1.29, 1.82) is 0 Å². The summed E-state index contributed by atoms with van der Waals surface area (Å²) in [5.41, 5.74) is 7.26. The second-order valence-corrected chi connectivity index (χ2v) is 11.5. The normalized spacial score (nSPS) is 11.8. The Balaban J connectivity index is 1.29. The number of hydrogen-bond acceptors (Lipinski definition) is 5. The van der Waals surface area contributed by atoms with Crippen molar-refractivity contribution in [2.24, 2.45) is 0 Å². The highest BCUT2D eigenvalue weighted by molar-refractivity contribution is 7.25. The number of furan rings is 1. The van der Waals surface area contributed by atoms with E-state index in [0.717, 1.165) is 50.1 Å². The number of rotatable bonds is 4. The minimum absolute atomic E-state index is 0.602. The molecule has 6 aromatic carbocycles. The number of para-hydroxylation sites is 1. The molecule has 5 heteroatoms. The molecule has 198 valence electrons. The van der Waals surface area contributed by atoms with Gasteiger partial charge in [-0.05, 0) is 66.7 Å². The smallest absolute Gasteiger partial charge is 0.227 e. The zero-order valence-corrected chi connectivity index (χ0v) is 23.1. The van der Waals surface area contributed by atoms with E-state index in [-0.39, 0.29) is 0 Å². The summed E-state index contributed by atoms with van der Waals surface area (Å²) in [5, 5.41) is 4.58. The third-order valence-corrected chi connectivity index (χ3v) is 9.03. The molecule has 3 heterocycles. The molecule has 0 atom stereocenters. The molecule has 0 aliphatic rings. The van der Waals surface area contributed by atoms with E-state index in [2.05, 4.69) is 95.9 Å². The lowest BCUT2D eigenvalue weighted by Gasteiger charge is -2.26. The van der Waals surface area contributed by atoms with Gasteiger partial charge in [0, 0.05) is 48.6 Å². The summed E-state index contributed by atoms with van der Waals surface area (Å²) in [5.74, 6) is 0.602. The van der Waals surface area contributed by atoms with Crippen molar-refractivity contribution in [2.45, 2.75) is 0 Å². The van der Waals surface area contributed by atoms with Crippen LogP contribution in [0, 0.1) is 0 Å². The van der Waals surface area contributed by atoms with Crippen molar-refractivity contribution >= 4 is 81.6 Å². The summed E-state index contributed by atoms with van der Waals surface area (Å²) >= 11 is 1.83. The van der Waals surface area contributed by atoms with Crippen LogP contribution in [0.25, 0.3) is 64.7 Å². The summed E-state index contributed by atoms with van der Waals surface area (Å²) in [7, 11) is 0. The number of anilines is 3. The third-order valence-electron chi connectivity index (χ3n) is 7.88. The van der Waals surface area contributed by atoms with Gasteiger partial charge in [0.2, 0.25) is 5.89 Å². The molecule has 0 aliphatic heterocycles. The molecule has 0 N–H and O–H groups in total. The maximum atomic E-state index is 6.44. The zero-order chi connectivity index (χ0) is 27.6. The highest BCUT2D eigenvalue weighted by Crippen LogP contribution is 2.45. The number of fused-ring (bicyclic) bond motifs is 7. The number of thiophene rings is 1. The van der Waals surface area contributed by atoms with Crippen LogP contribution < -0.4 is 4.90 Å². The lowest BCUT2D eigenvalue weighted by molar-refractivity contribution is 0.617. The van der Waals surface area contributed by atoms with Gasteiger partial charge in [-0.25, -0.2) is 4.98 Å². The molecule has 0 aliphatic carbocycles. The van der Waals surface area contributed by atoms with Crippen molar-refractivity contribution in [3.8, 4) is 11.5 Å². The van der Waals surface area contributed by atoms with Crippen molar-refractivity contribution in [3.05, 3.63) is 133 Å². The van der Waals surface area contributed by atoms with E-state index < -0.39 is 0 Å². The van der Waals surface area contributed by atoms with Crippen LogP contribution in [-0.4, -0.2) is 4.98 Å². The van der Waals surface area contributed by atoms with E-state index in [1.165, 1.54) is 20.2 Å². The molecule has 0 unspecified atom stereocenters. The molecular formula is C37H22N2O2S. The fourth-order valence-corrected chi connectivity index (χ4v) is 7.06. The van der Waals surface area contributed by atoms with E-state index in [0.29, 0.717) is 11.5 Å². The zero-order valence-electron chi connectivity index (χ0n) is 22.3. The van der Waals surface area contributed by atoms with Crippen LogP contribution in [0.5, 0.6) is 0 Å². The molecule has 0 saturated heterocycles. The summed E-state index contributed by atoms with van der Waals surface area (Å²) in [4.78, 5) is 7.17. The fraction of sp³-hybridized carbons (Fsp3) is 0. The molecule has 0 spiro atoms. The Bertz CT molecular complexity index is 2420. The van der Waals surface area contributed by atoms with Gasteiger partial charge in [-0.1, -0.05) is 60.7 Å². The quantitative estimate of drug-likeness (QED) is 0.215. The highest BCUT2D eigenvalue weighted by Gasteiger charge is 2.21. The first-order chi connectivity index (χ1) is 20.8. The van der Waals surface area contributed by atoms with Crippen molar-refractivity contribution in [3.63, 3.8) is 0 Å². The maximum Gasteiger partial charge on any atom is 0.227 e. The Morgan fingerprint density at radius 3 is 2.19 bits per heavy atom. The molecule has 42 heavy (non-hydrogen) atoms. The monoisotopic (exact) mass is 558 g/mol. The molecule has 0 saturated carbocycles. The predicted molar refractivity (Wildman–Crippen MR) is 174 cm³/mol. The number of hydrogen-bond donors (Lipinski definition) is 0. The molecule has 4 nitrogen and oxygen atoms in total. The standard InChI is InChI=1S/C37H22N2O2S/c1-3-10-23(11-4-1)37-38-29-21-28-32(22-33(29)41-37)40-31-16-9-15-30(36(28)31)39(24-12-5-2-6-13-24)25-18-19-35-27(20-25)26-14-7-8-17-34(26)42-35/h1-22H. The Kier molecular flexibility index (Phi) is 5.03.